The van der Waals surface area contributed by atoms with E-state index in [1.54, 1.807) is 6.92 Å². The van der Waals surface area contributed by atoms with Crippen LogP contribution >= 0.6 is 0 Å². The Hall–Kier alpha value is -1.84. The topological polar surface area (TPSA) is 49.0 Å². The van der Waals surface area contributed by atoms with Crippen molar-refractivity contribution >= 4 is 16.8 Å². The highest BCUT2D eigenvalue weighted by molar-refractivity contribution is 5.82. The lowest BCUT2D eigenvalue weighted by Crippen LogP contribution is -2.36. The molecule has 1 N–H and O–H groups in total. The summed E-state index contributed by atoms with van der Waals surface area (Å²) < 4.78 is 0. The number of rotatable bonds is 1. The van der Waals surface area contributed by atoms with Crippen molar-refractivity contribution in [1.82, 2.24) is 15.1 Å². The van der Waals surface area contributed by atoms with E-state index in [-0.39, 0.29) is 5.91 Å². The van der Waals surface area contributed by atoms with E-state index in [0.717, 1.165) is 31.4 Å². The number of H-pyrrole nitrogens is 1. The summed E-state index contributed by atoms with van der Waals surface area (Å²) in [4.78, 5) is 13.3. The maximum atomic E-state index is 11.3. The van der Waals surface area contributed by atoms with Gasteiger partial charge in [0.05, 0.1) is 11.7 Å². The SMILES string of the molecule is CC(=O)N1CCC(c2cccc3[nH]ncc23)CC1. The van der Waals surface area contributed by atoms with Crippen LogP contribution < -0.4 is 0 Å². The van der Waals surface area contributed by atoms with Gasteiger partial charge < -0.3 is 4.90 Å². The molecule has 94 valence electrons. The Morgan fingerprint density at radius 1 is 1.39 bits per heavy atom. The van der Waals surface area contributed by atoms with Gasteiger partial charge in [0.25, 0.3) is 0 Å². The van der Waals surface area contributed by atoms with Crippen molar-refractivity contribution < 1.29 is 4.79 Å². The predicted molar refractivity (Wildman–Crippen MR) is 70.3 cm³/mol. The third-order valence-electron chi connectivity index (χ3n) is 3.90. The van der Waals surface area contributed by atoms with Gasteiger partial charge in [0.2, 0.25) is 5.91 Å². The van der Waals surface area contributed by atoms with Crippen molar-refractivity contribution in [3.63, 3.8) is 0 Å². The molecular formula is C14H17N3O. The zero-order chi connectivity index (χ0) is 12.5. The Balaban J connectivity index is 1.84. The molecule has 1 fully saturated rings. The molecule has 1 saturated heterocycles. The normalized spacial score (nSPS) is 17.3. The summed E-state index contributed by atoms with van der Waals surface area (Å²) in [5, 5.41) is 8.34. The fourth-order valence-electron chi connectivity index (χ4n) is 2.85. The number of nitrogens with zero attached hydrogens (tertiary/aromatic N) is 2. The number of amides is 1. The molecule has 0 bridgehead atoms. The van der Waals surface area contributed by atoms with Gasteiger partial charge in [0.1, 0.15) is 0 Å². The standard InChI is InChI=1S/C14H17N3O/c1-10(18)17-7-5-11(6-8-17)12-3-2-4-14-13(12)9-15-16-14/h2-4,9,11H,5-8H2,1H3,(H,15,16). The second-order valence-electron chi connectivity index (χ2n) is 4.96. The first-order valence-electron chi connectivity index (χ1n) is 6.43. The maximum absolute atomic E-state index is 11.3. The molecule has 18 heavy (non-hydrogen) atoms. The van der Waals surface area contributed by atoms with Gasteiger partial charge in [-0.1, -0.05) is 12.1 Å². The lowest BCUT2D eigenvalue weighted by atomic mass is 9.87. The predicted octanol–water partition coefficient (Wildman–Crippen LogP) is 2.29. The highest BCUT2D eigenvalue weighted by atomic mass is 16.2. The summed E-state index contributed by atoms with van der Waals surface area (Å²) in [6, 6.07) is 6.32. The average molecular weight is 243 g/mol. The van der Waals surface area contributed by atoms with Crippen LogP contribution in [0.25, 0.3) is 10.9 Å². The van der Waals surface area contributed by atoms with Crippen molar-refractivity contribution in [2.45, 2.75) is 25.7 Å². The minimum Gasteiger partial charge on any atom is -0.343 e. The number of hydrogen-bond donors (Lipinski definition) is 1. The third kappa shape index (κ3) is 1.88. The lowest BCUT2D eigenvalue weighted by Gasteiger charge is -2.31. The van der Waals surface area contributed by atoms with Crippen LogP contribution in [0.4, 0.5) is 0 Å². The molecule has 1 aromatic carbocycles. The molecule has 1 aliphatic rings. The first-order chi connectivity index (χ1) is 8.75. The van der Waals surface area contributed by atoms with Crippen LogP contribution in [0.5, 0.6) is 0 Å². The molecule has 0 saturated carbocycles. The summed E-state index contributed by atoms with van der Waals surface area (Å²) in [6.45, 7) is 3.39. The van der Waals surface area contributed by atoms with Crippen LogP contribution in [0.15, 0.2) is 24.4 Å². The number of carbonyl (C=O) groups excluding carboxylic acids is 1. The van der Waals surface area contributed by atoms with E-state index < -0.39 is 0 Å². The summed E-state index contributed by atoms with van der Waals surface area (Å²) in [5.41, 5.74) is 2.46. The number of aromatic nitrogens is 2. The minimum absolute atomic E-state index is 0.190. The van der Waals surface area contributed by atoms with Gasteiger partial charge in [-0.05, 0) is 30.4 Å². The number of benzene rings is 1. The first kappa shape index (κ1) is 11.3. The number of piperidine rings is 1. The molecule has 0 spiro atoms. The minimum atomic E-state index is 0.190. The third-order valence-corrected chi connectivity index (χ3v) is 3.90. The zero-order valence-corrected chi connectivity index (χ0v) is 10.5. The molecule has 1 amide bonds. The number of likely N-dealkylation sites (tertiary alicyclic amines) is 1. The average Bonchev–Trinajstić information content (AvgIpc) is 2.87. The Morgan fingerprint density at radius 2 is 2.17 bits per heavy atom. The fraction of sp³-hybridized carbons (Fsp3) is 0.429. The van der Waals surface area contributed by atoms with Gasteiger partial charge >= 0.3 is 0 Å². The lowest BCUT2D eigenvalue weighted by molar-refractivity contribution is -0.129. The zero-order valence-electron chi connectivity index (χ0n) is 10.5. The van der Waals surface area contributed by atoms with E-state index in [1.807, 2.05) is 11.1 Å². The number of aromatic amines is 1. The Labute approximate surface area is 106 Å². The van der Waals surface area contributed by atoms with E-state index in [1.165, 1.54) is 10.9 Å². The maximum Gasteiger partial charge on any atom is 0.219 e. The molecular weight excluding hydrogens is 226 g/mol. The molecule has 2 aromatic rings. The summed E-state index contributed by atoms with van der Waals surface area (Å²) in [6.07, 6.45) is 4.00. The molecule has 1 aliphatic heterocycles. The van der Waals surface area contributed by atoms with Crippen molar-refractivity contribution in [3.8, 4) is 0 Å². The van der Waals surface area contributed by atoms with E-state index in [4.69, 9.17) is 0 Å². The monoisotopic (exact) mass is 243 g/mol. The van der Waals surface area contributed by atoms with Gasteiger partial charge in [-0.25, -0.2) is 0 Å². The summed E-state index contributed by atoms with van der Waals surface area (Å²) in [5.74, 6) is 0.733. The van der Waals surface area contributed by atoms with Gasteiger partial charge in [0, 0.05) is 25.4 Å². The number of fused-ring (bicyclic) bond motifs is 1. The van der Waals surface area contributed by atoms with Crippen molar-refractivity contribution in [2.75, 3.05) is 13.1 Å². The number of nitrogens with one attached hydrogen (secondary N) is 1. The van der Waals surface area contributed by atoms with Crippen molar-refractivity contribution in [2.24, 2.45) is 0 Å². The van der Waals surface area contributed by atoms with Crippen LogP contribution in [-0.4, -0.2) is 34.1 Å². The largest absolute Gasteiger partial charge is 0.343 e. The molecule has 4 nitrogen and oxygen atoms in total. The van der Waals surface area contributed by atoms with Crippen LogP contribution in [-0.2, 0) is 4.79 Å². The van der Waals surface area contributed by atoms with Crippen LogP contribution in [0.1, 0.15) is 31.2 Å². The highest BCUT2D eigenvalue weighted by Crippen LogP contribution is 2.32. The van der Waals surface area contributed by atoms with E-state index >= 15 is 0 Å². The number of hydrogen-bond acceptors (Lipinski definition) is 2. The second kappa shape index (κ2) is 4.44. The van der Waals surface area contributed by atoms with E-state index in [2.05, 4.69) is 28.4 Å². The summed E-state index contributed by atoms with van der Waals surface area (Å²) in [7, 11) is 0. The second-order valence-corrected chi connectivity index (χ2v) is 4.96. The molecule has 2 heterocycles. The number of carbonyl (C=O) groups is 1. The van der Waals surface area contributed by atoms with Gasteiger partial charge in [-0.15, -0.1) is 0 Å². The molecule has 1 aromatic heterocycles. The Kier molecular flexibility index (Phi) is 2.78. The van der Waals surface area contributed by atoms with Gasteiger partial charge in [-0.2, -0.15) is 5.10 Å². The van der Waals surface area contributed by atoms with Gasteiger partial charge in [0.15, 0.2) is 0 Å². The van der Waals surface area contributed by atoms with Crippen LogP contribution in [0.3, 0.4) is 0 Å². The van der Waals surface area contributed by atoms with E-state index in [0.29, 0.717) is 5.92 Å². The van der Waals surface area contributed by atoms with E-state index in [9.17, 15) is 4.79 Å². The quantitative estimate of drug-likeness (QED) is 0.835. The Morgan fingerprint density at radius 3 is 2.89 bits per heavy atom. The molecule has 0 aliphatic carbocycles. The first-order valence-corrected chi connectivity index (χ1v) is 6.43. The molecule has 4 heteroatoms. The molecule has 0 unspecified atom stereocenters. The van der Waals surface area contributed by atoms with Crippen molar-refractivity contribution in [1.29, 1.82) is 0 Å². The molecule has 0 radical (unpaired) electrons. The van der Waals surface area contributed by atoms with Crippen LogP contribution in [0, 0.1) is 0 Å². The smallest absolute Gasteiger partial charge is 0.219 e. The van der Waals surface area contributed by atoms with Crippen molar-refractivity contribution in [3.05, 3.63) is 30.0 Å². The fourth-order valence-corrected chi connectivity index (χ4v) is 2.85. The Bertz CT molecular complexity index is 567. The highest BCUT2D eigenvalue weighted by Gasteiger charge is 2.23. The van der Waals surface area contributed by atoms with Gasteiger partial charge in [-0.3, -0.25) is 9.89 Å². The molecule has 0 atom stereocenters. The summed E-state index contributed by atoms with van der Waals surface area (Å²) >= 11 is 0. The van der Waals surface area contributed by atoms with Crippen LogP contribution in [0.2, 0.25) is 0 Å². The molecule has 3 rings (SSSR count).